The lowest BCUT2D eigenvalue weighted by Gasteiger charge is -2.31. The molecule has 2 aromatic carbocycles. The average molecular weight is 585 g/mol. The number of hydrogen-bond donors (Lipinski definition) is 0. The molecule has 0 aliphatic rings. The summed E-state index contributed by atoms with van der Waals surface area (Å²) in [4.78, 5) is 25.0. The number of rotatable bonds is 9. The predicted octanol–water partition coefficient (Wildman–Crippen LogP) is 6.50. The molecule has 3 rings (SSSR count). The van der Waals surface area contributed by atoms with Crippen molar-refractivity contribution in [2.24, 2.45) is 0 Å². The molecule has 0 spiro atoms. The molecule has 0 fully saturated rings. The first-order valence-electron chi connectivity index (χ1n) is 12.4. The monoisotopic (exact) mass is 584 g/mol. The van der Waals surface area contributed by atoms with Gasteiger partial charge in [0.2, 0.25) is 11.8 Å². The van der Waals surface area contributed by atoms with Crippen molar-refractivity contribution in [2.45, 2.75) is 38.5 Å². The molecule has 0 saturated carbocycles. The van der Waals surface area contributed by atoms with Crippen LogP contribution in [0.4, 0.5) is 32.0 Å². The zero-order valence-electron chi connectivity index (χ0n) is 23.3. The fourth-order valence-electron chi connectivity index (χ4n) is 3.78. The molecule has 7 nitrogen and oxygen atoms in total. The second kappa shape index (κ2) is 11.9. The van der Waals surface area contributed by atoms with Crippen LogP contribution in [0.5, 0.6) is 17.6 Å². The molecule has 1 aromatic heterocycles. The van der Waals surface area contributed by atoms with E-state index in [1.165, 1.54) is 27.1 Å². The SMILES string of the molecule is Cc1ccccc1Oc1nc(OCCN(C)C)ncc1N(C)C(=O)C(C)(C)c1cc(C(F)(F)F)cc(C(F)(F)F)c1. The maximum atomic E-state index is 13.7. The van der Waals surface area contributed by atoms with Crippen LogP contribution in [-0.4, -0.2) is 55.1 Å². The van der Waals surface area contributed by atoms with Gasteiger partial charge in [-0.15, -0.1) is 0 Å². The van der Waals surface area contributed by atoms with Crippen molar-refractivity contribution in [2.75, 3.05) is 39.2 Å². The van der Waals surface area contributed by atoms with E-state index < -0.39 is 40.4 Å². The second-order valence-corrected chi connectivity index (χ2v) is 10.1. The summed E-state index contributed by atoms with van der Waals surface area (Å²) in [5, 5.41) is 0. The number of benzene rings is 2. The maximum absolute atomic E-state index is 13.7. The Kier molecular flexibility index (Phi) is 9.21. The number of aromatic nitrogens is 2. The van der Waals surface area contributed by atoms with Gasteiger partial charge in [-0.1, -0.05) is 18.2 Å². The topological polar surface area (TPSA) is 67.8 Å². The third-order valence-corrected chi connectivity index (χ3v) is 6.29. The average Bonchev–Trinajstić information content (AvgIpc) is 2.88. The zero-order valence-corrected chi connectivity index (χ0v) is 23.3. The Morgan fingerprint density at radius 2 is 1.46 bits per heavy atom. The molecule has 0 N–H and O–H groups in total. The number of alkyl halides is 6. The van der Waals surface area contributed by atoms with Crippen LogP contribution in [0.1, 0.15) is 36.1 Å². The van der Waals surface area contributed by atoms with Crippen LogP contribution in [0, 0.1) is 6.92 Å². The van der Waals surface area contributed by atoms with E-state index in [9.17, 15) is 31.1 Å². The molecule has 0 bridgehead atoms. The highest BCUT2D eigenvalue weighted by atomic mass is 19.4. The first-order chi connectivity index (χ1) is 18.9. The standard InChI is InChI=1S/C28H30F6N4O3/c1-17-9-7-8-10-22(17)41-23-21(16-35-25(36-23)40-12-11-37(4)5)38(6)24(39)26(2,3)18-13-19(27(29,30)31)15-20(14-18)28(32,33)34/h7-10,13-16H,11-12H2,1-6H3. The van der Waals surface area contributed by atoms with Gasteiger partial charge in [-0.3, -0.25) is 4.79 Å². The van der Waals surface area contributed by atoms with Crippen LogP contribution in [0.25, 0.3) is 0 Å². The molecular formula is C28H30F6N4O3. The van der Waals surface area contributed by atoms with Gasteiger partial charge in [0.25, 0.3) is 0 Å². The molecule has 0 saturated heterocycles. The van der Waals surface area contributed by atoms with E-state index in [2.05, 4.69) is 9.97 Å². The molecule has 0 aliphatic heterocycles. The van der Waals surface area contributed by atoms with E-state index in [0.717, 1.165) is 10.5 Å². The number of aryl methyl sites for hydroxylation is 1. The van der Waals surface area contributed by atoms with Crippen LogP contribution in [-0.2, 0) is 22.6 Å². The van der Waals surface area contributed by atoms with E-state index in [1.807, 2.05) is 19.0 Å². The summed E-state index contributed by atoms with van der Waals surface area (Å²) >= 11 is 0. The van der Waals surface area contributed by atoms with E-state index in [-0.39, 0.29) is 30.3 Å². The van der Waals surface area contributed by atoms with Gasteiger partial charge < -0.3 is 19.3 Å². The summed E-state index contributed by atoms with van der Waals surface area (Å²) in [5.41, 5.74) is -4.58. The highest BCUT2D eigenvalue weighted by Gasteiger charge is 2.41. The molecular weight excluding hydrogens is 554 g/mol. The molecule has 0 atom stereocenters. The first-order valence-corrected chi connectivity index (χ1v) is 12.4. The normalized spacial score (nSPS) is 12.4. The van der Waals surface area contributed by atoms with E-state index in [1.54, 1.807) is 31.2 Å². The summed E-state index contributed by atoms with van der Waals surface area (Å²) in [6, 6.07) is 8.03. The lowest BCUT2D eigenvalue weighted by molar-refractivity contribution is -0.143. The minimum Gasteiger partial charge on any atom is -0.462 e. The zero-order chi connectivity index (χ0) is 30.8. The Bertz CT molecular complexity index is 1360. The second-order valence-electron chi connectivity index (χ2n) is 10.1. The van der Waals surface area contributed by atoms with E-state index in [4.69, 9.17) is 9.47 Å². The van der Waals surface area contributed by atoms with Gasteiger partial charge in [-0.05, 0) is 70.3 Å². The predicted molar refractivity (Wildman–Crippen MR) is 140 cm³/mol. The van der Waals surface area contributed by atoms with Crippen LogP contribution in [0.2, 0.25) is 0 Å². The lowest BCUT2D eigenvalue weighted by atomic mass is 9.81. The van der Waals surface area contributed by atoms with Crippen molar-refractivity contribution in [3.63, 3.8) is 0 Å². The molecule has 0 radical (unpaired) electrons. The van der Waals surface area contributed by atoms with Crippen molar-refractivity contribution in [3.8, 4) is 17.6 Å². The first kappa shape index (κ1) is 31.7. The molecule has 1 amide bonds. The number of halogens is 6. The van der Waals surface area contributed by atoms with Crippen molar-refractivity contribution < 1.29 is 40.6 Å². The number of anilines is 1. The van der Waals surface area contributed by atoms with Gasteiger partial charge in [0.1, 0.15) is 18.0 Å². The summed E-state index contributed by atoms with van der Waals surface area (Å²) in [7, 11) is 5.01. The summed E-state index contributed by atoms with van der Waals surface area (Å²) in [5.74, 6) is -0.523. The number of amides is 1. The highest BCUT2D eigenvalue weighted by Crippen LogP contribution is 2.40. The number of ether oxygens (including phenoxy) is 2. The molecule has 13 heteroatoms. The number of carbonyl (C=O) groups excluding carboxylic acids is 1. The van der Waals surface area contributed by atoms with Crippen molar-refractivity contribution in [1.82, 2.24) is 14.9 Å². The third kappa shape index (κ3) is 7.66. The summed E-state index contributed by atoms with van der Waals surface area (Å²) in [6.45, 7) is 5.07. The number of nitrogens with zero attached hydrogens (tertiary/aromatic N) is 4. The van der Waals surface area contributed by atoms with Crippen molar-refractivity contribution in [1.29, 1.82) is 0 Å². The van der Waals surface area contributed by atoms with Crippen LogP contribution in [0.15, 0.2) is 48.7 Å². The molecule has 41 heavy (non-hydrogen) atoms. The van der Waals surface area contributed by atoms with E-state index >= 15 is 0 Å². The lowest BCUT2D eigenvalue weighted by Crippen LogP contribution is -2.42. The number of hydrogen-bond acceptors (Lipinski definition) is 6. The number of para-hydroxylation sites is 1. The minimum atomic E-state index is -5.06. The third-order valence-electron chi connectivity index (χ3n) is 6.29. The van der Waals surface area contributed by atoms with E-state index in [0.29, 0.717) is 24.4 Å². The fourth-order valence-corrected chi connectivity index (χ4v) is 3.78. The summed E-state index contributed by atoms with van der Waals surface area (Å²) < 4.78 is 92.6. The minimum absolute atomic E-state index is 0.0186. The van der Waals surface area contributed by atoms with Crippen molar-refractivity contribution in [3.05, 3.63) is 70.9 Å². The van der Waals surface area contributed by atoms with Gasteiger partial charge in [-0.25, -0.2) is 4.98 Å². The number of likely N-dealkylation sites (N-methyl/N-ethyl adjacent to an activating group) is 2. The highest BCUT2D eigenvalue weighted by molar-refractivity contribution is 6.01. The largest absolute Gasteiger partial charge is 0.462 e. The van der Waals surface area contributed by atoms with Gasteiger partial charge in [-0.2, -0.15) is 31.3 Å². The number of carbonyl (C=O) groups is 1. The van der Waals surface area contributed by atoms with Gasteiger partial charge in [0, 0.05) is 13.6 Å². The molecule has 0 aliphatic carbocycles. The quantitative estimate of drug-likeness (QED) is 0.268. The fraction of sp³-hybridized carbons (Fsp3) is 0.393. The molecule has 3 aromatic rings. The van der Waals surface area contributed by atoms with Crippen molar-refractivity contribution >= 4 is 11.6 Å². The Morgan fingerprint density at radius 1 is 0.902 bits per heavy atom. The smallest absolute Gasteiger partial charge is 0.416 e. The molecule has 1 heterocycles. The van der Waals surface area contributed by atoms with Crippen LogP contribution < -0.4 is 14.4 Å². The van der Waals surface area contributed by atoms with Crippen LogP contribution >= 0.6 is 0 Å². The Hall–Kier alpha value is -3.87. The van der Waals surface area contributed by atoms with Gasteiger partial charge >= 0.3 is 18.4 Å². The Morgan fingerprint density at radius 3 is 2.00 bits per heavy atom. The molecule has 0 unspecified atom stereocenters. The van der Waals surface area contributed by atoms with Gasteiger partial charge in [0.05, 0.1) is 22.7 Å². The Balaban J connectivity index is 2.05. The molecule has 222 valence electrons. The Labute approximate surface area is 233 Å². The summed E-state index contributed by atoms with van der Waals surface area (Å²) in [6.07, 6.45) is -8.88. The van der Waals surface area contributed by atoms with Gasteiger partial charge in [0.15, 0.2) is 0 Å². The van der Waals surface area contributed by atoms with Crippen LogP contribution in [0.3, 0.4) is 0 Å². The maximum Gasteiger partial charge on any atom is 0.416 e.